The van der Waals surface area contributed by atoms with Crippen molar-refractivity contribution >= 4 is 18.3 Å². The molecule has 1 amide bonds. The Kier molecular flexibility index (Phi) is 9.80. The molecule has 0 heterocycles. The summed E-state index contributed by atoms with van der Waals surface area (Å²) < 4.78 is 10.2. The Hall–Kier alpha value is -1.30. The van der Waals surface area contributed by atoms with E-state index in [-0.39, 0.29) is 24.9 Å². The van der Waals surface area contributed by atoms with Crippen LogP contribution in [-0.4, -0.2) is 39.8 Å². The number of methoxy groups -OCH3 is 2. The second-order valence-electron chi connectivity index (χ2n) is 4.26. The number of hydrogen-bond donors (Lipinski definition) is 2. The number of halogens is 1. The van der Waals surface area contributed by atoms with Crippen LogP contribution in [-0.2, 0) is 16.1 Å². The van der Waals surface area contributed by atoms with E-state index in [0.717, 1.165) is 16.9 Å². The van der Waals surface area contributed by atoms with Crippen LogP contribution in [0.15, 0.2) is 18.2 Å². The Balaban J connectivity index is 0.00000361. The molecule has 0 unspecified atom stereocenters. The van der Waals surface area contributed by atoms with Gasteiger partial charge in [-0.15, -0.1) is 12.4 Å². The molecule has 0 fully saturated rings. The van der Waals surface area contributed by atoms with Crippen LogP contribution in [0.2, 0.25) is 0 Å². The first-order chi connectivity index (χ1) is 9.17. The van der Waals surface area contributed by atoms with Gasteiger partial charge in [-0.3, -0.25) is 4.79 Å². The van der Waals surface area contributed by atoms with E-state index < -0.39 is 0 Å². The molecule has 1 aromatic rings. The minimum absolute atomic E-state index is 0. The van der Waals surface area contributed by atoms with E-state index in [1.54, 1.807) is 14.2 Å². The summed E-state index contributed by atoms with van der Waals surface area (Å²) in [5.74, 6) is 0.756. The van der Waals surface area contributed by atoms with Crippen molar-refractivity contribution in [1.29, 1.82) is 0 Å². The molecular weight excluding hydrogens is 280 g/mol. The van der Waals surface area contributed by atoms with Crippen LogP contribution in [0.1, 0.15) is 11.1 Å². The molecular formula is C14H23ClN2O3. The number of ether oxygens (including phenoxy) is 2. The highest BCUT2D eigenvalue weighted by atomic mass is 35.5. The molecule has 6 heteroatoms. The molecule has 0 saturated heterocycles. The standard InChI is InChI=1S/C14H22N2O3.ClH/c1-11-4-5-12(13(8-11)19-3)9-16-14(17)10-15-6-7-18-2;/h4-5,8,15H,6-7,9-10H2,1-3H3,(H,16,17);1H. The summed E-state index contributed by atoms with van der Waals surface area (Å²) in [7, 11) is 3.26. The molecule has 0 saturated carbocycles. The Morgan fingerprint density at radius 1 is 1.30 bits per heavy atom. The summed E-state index contributed by atoms with van der Waals surface area (Å²) in [6, 6.07) is 5.92. The van der Waals surface area contributed by atoms with Gasteiger partial charge in [-0.1, -0.05) is 12.1 Å². The van der Waals surface area contributed by atoms with Crippen LogP contribution in [0.5, 0.6) is 5.75 Å². The van der Waals surface area contributed by atoms with Crippen LogP contribution < -0.4 is 15.4 Å². The van der Waals surface area contributed by atoms with Gasteiger partial charge in [-0.25, -0.2) is 0 Å². The Morgan fingerprint density at radius 3 is 2.70 bits per heavy atom. The SMILES string of the molecule is COCCNCC(=O)NCc1ccc(C)cc1OC.Cl. The molecule has 0 atom stereocenters. The zero-order chi connectivity index (χ0) is 14.1. The molecule has 2 N–H and O–H groups in total. The average Bonchev–Trinajstić information content (AvgIpc) is 2.42. The number of carbonyl (C=O) groups is 1. The summed E-state index contributed by atoms with van der Waals surface area (Å²) in [6.07, 6.45) is 0. The van der Waals surface area contributed by atoms with Crippen LogP contribution in [0.4, 0.5) is 0 Å². The van der Waals surface area contributed by atoms with Crippen LogP contribution >= 0.6 is 12.4 Å². The third kappa shape index (κ3) is 6.75. The fourth-order valence-corrected chi connectivity index (χ4v) is 1.63. The highest BCUT2D eigenvalue weighted by molar-refractivity contribution is 5.85. The van der Waals surface area contributed by atoms with E-state index in [1.165, 1.54) is 0 Å². The van der Waals surface area contributed by atoms with Gasteiger partial charge in [0.15, 0.2) is 0 Å². The number of carbonyl (C=O) groups excluding carboxylic acids is 1. The lowest BCUT2D eigenvalue weighted by Crippen LogP contribution is -2.34. The number of benzene rings is 1. The molecule has 0 bridgehead atoms. The van der Waals surface area contributed by atoms with Gasteiger partial charge in [0.1, 0.15) is 5.75 Å². The third-order valence-corrected chi connectivity index (χ3v) is 2.69. The number of amides is 1. The quantitative estimate of drug-likeness (QED) is 0.710. The molecule has 114 valence electrons. The van der Waals surface area contributed by atoms with Gasteiger partial charge in [-0.2, -0.15) is 0 Å². The van der Waals surface area contributed by atoms with Gasteiger partial charge in [-0.05, 0) is 18.6 Å². The lowest BCUT2D eigenvalue weighted by Gasteiger charge is -2.11. The van der Waals surface area contributed by atoms with E-state index in [2.05, 4.69) is 10.6 Å². The molecule has 0 radical (unpaired) electrons. The highest BCUT2D eigenvalue weighted by Crippen LogP contribution is 2.19. The maximum atomic E-state index is 11.6. The number of nitrogens with one attached hydrogen (secondary N) is 2. The van der Waals surface area contributed by atoms with Gasteiger partial charge in [0, 0.05) is 25.8 Å². The second kappa shape index (κ2) is 10.5. The van der Waals surface area contributed by atoms with Crippen LogP contribution in [0.25, 0.3) is 0 Å². The second-order valence-corrected chi connectivity index (χ2v) is 4.26. The average molecular weight is 303 g/mol. The van der Waals surface area contributed by atoms with Crippen molar-refractivity contribution in [2.75, 3.05) is 33.9 Å². The lowest BCUT2D eigenvalue weighted by atomic mass is 10.1. The molecule has 0 aromatic heterocycles. The molecule has 20 heavy (non-hydrogen) atoms. The fourth-order valence-electron chi connectivity index (χ4n) is 1.63. The van der Waals surface area contributed by atoms with E-state index in [9.17, 15) is 4.79 Å². The highest BCUT2D eigenvalue weighted by Gasteiger charge is 2.05. The number of rotatable bonds is 8. The Labute approximate surface area is 126 Å². The van der Waals surface area contributed by atoms with Crippen molar-refractivity contribution in [3.05, 3.63) is 29.3 Å². The minimum atomic E-state index is -0.0428. The van der Waals surface area contributed by atoms with E-state index in [0.29, 0.717) is 19.7 Å². The van der Waals surface area contributed by atoms with Crippen molar-refractivity contribution in [1.82, 2.24) is 10.6 Å². The molecule has 0 aliphatic rings. The van der Waals surface area contributed by atoms with E-state index in [4.69, 9.17) is 9.47 Å². The number of aryl methyl sites for hydroxylation is 1. The van der Waals surface area contributed by atoms with E-state index >= 15 is 0 Å². The predicted octanol–water partition coefficient (Wildman–Crippen LogP) is 1.28. The van der Waals surface area contributed by atoms with Gasteiger partial charge in [0.2, 0.25) is 5.91 Å². The summed E-state index contributed by atoms with van der Waals surface area (Å²) in [5.41, 5.74) is 2.10. The summed E-state index contributed by atoms with van der Waals surface area (Å²) in [6.45, 7) is 4.02. The molecule has 0 spiro atoms. The van der Waals surface area contributed by atoms with Gasteiger partial charge >= 0.3 is 0 Å². The zero-order valence-corrected chi connectivity index (χ0v) is 13.0. The van der Waals surface area contributed by atoms with Gasteiger partial charge in [0.25, 0.3) is 0 Å². The maximum absolute atomic E-state index is 11.6. The minimum Gasteiger partial charge on any atom is -0.496 e. The van der Waals surface area contributed by atoms with Gasteiger partial charge < -0.3 is 20.1 Å². The van der Waals surface area contributed by atoms with Crippen molar-refractivity contribution in [3.8, 4) is 5.75 Å². The normalized spacial score (nSPS) is 9.75. The summed E-state index contributed by atoms with van der Waals surface area (Å²) in [4.78, 5) is 11.6. The first-order valence-corrected chi connectivity index (χ1v) is 6.27. The molecule has 1 aromatic carbocycles. The first kappa shape index (κ1) is 18.7. The summed E-state index contributed by atoms with van der Waals surface area (Å²) >= 11 is 0. The van der Waals surface area contributed by atoms with Gasteiger partial charge in [0.05, 0.1) is 20.3 Å². The third-order valence-electron chi connectivity index (χ3n) is 2.69. The Morgan fingerprint density at radius 2 is 2.05 bits per heavy atom. The molecule has 5 nitrogen and oxygen atoms in total. The van der Waals surface area contributed by atoms with Crippen molar-refractivity contribution in [2.45, 2.75) is 13.5 Å². The molecule has 0 aliphatic carbocycles. The lowest BCUT2D eigenvalue weighted by molar-refractivity contribution is -0.120. The first-order valence-electron chi connectivity index (χ1n) is 6.27. The monoisotopic (exact) mass is 302 g/mol. The topological polar surface area (TPSA) is 59.6 Å². The van der Waals surface area contributed by atoms with Crippen molar-refractivity contribution in [2.24, 2.45) is 0 Å². The smallest absolute Gasteiger partial charge is 0.234 e. The largest absolute Gasteiger partial charge is 0.496 e. The maximum Gasteiger partial charge on any atom is 0.234 e. The predicted molar refractivity (Wildman–Crippen MR) is 81.6 cm³/mol. The van der Waals surface area contributed by atoms with Crippen LogP contribution in [0.3, 0.4) is 0 Å². The summed E-state index contributed by atoms with van der Waals surface area (Å²) in [5, 5.41) is 5.84. The molecule has 1 rings (SSSR count). The van der Waals surface area contributed by atoms with Crippen molar-refractivity contribution < 1.29 is 14.3 Å². The number of hydrogen-bond acceptors (Lipinski definition) is 4. The van der Waals surface area contributed by atoms with Crippen molar-refractivity contribution in [3.63, 3.8) is 0 Å². The fraction of sp³-hybridized carbons (Fsp3) is 0.500. The van der Waals surface area contributed by atoms with Crippen LogP contribution in [0, 0.1) is 6.92 Å². The molecule has 0 aliphatic heterocycles. The Bertz CT molecular complexity index is 413. The van der Waals surface area contributed by atoms with E-state index in [1.807, 2.05) is 25.1 Å². The zero-order valence-electron chi connectivity index (χ0n) is 12.2.